The molecule has 0 radical (unpaired) electrons. The molecule has 8 heteroatoms. The molecule has 0 atom stereocenters. The number of hydrogen-bond donors (Lipinski definition) is 2. The van der Waals surface area contributed by atoms with Gasteiger partial charge in [0, 0.05) is 33.2 Å². The minimum atomic E-state index is -3.52. The standard InChI is InChI=1S/C9H19N3O4S/c1-11(7-3-9(13)14)17(15,16)12-6-2-4-10-5-8-12/h10H,2-8H2,1H3,(H,13,14). The summed E-state index contributed by atoms with van der Waals surface area (Å²) in [6, 6.07) is 0. The summed E-state index contributed by atoms with van der Waals surface area (Å²) in [7, 11) is -2.10. The second kappa shape index (κ2) is 6.29. The predicted octanol–water partition coefficient (Wildman–Crippen LogP) is -1.07. The van der Waals surface area contributed by atoms with Gasteiger partial charge < -0.3 is 10.4 Å². The van der Waals surface area contributed by atoms with Crippen LogP contribution in [-0.4, -0.2) is 67.9 Å². The van der Waals surface area contributed by atoms with Gasteiger partial charge in [0.15, 0.2) is 0 Å². The normalized spacial score (nSPS) is 19.2. The molecule has 1 heterocycles. The summed E-state index contributed by atoms with van der Waals surface area (Å²) in [6.07, 6.45) is 0.591. The van der Waals surface area contributed by atoms with E-state index in [2.05, 4.69) is 5.32 Å². The largest absolute Gasteiger partial charge is 0.481 e. The molecule has 0 aromatic rings. The van der Waals surface area contributed by atoms with Crippen LogP contribution < -0.4 is 5.32 Å². The molecule has 0 saturated carbocycles. The molecule has 0 aromatic carbocycles. The lowest BCUT2D eigenvalue weighted by molar-refractivity contribution is -0.137. The second-order valence-electron chi connectivity index (χ2n) is 3.98. The molecule has 1 saturated heterocycles. The molecular weight excluding hydrogens is 246 g/mol. The SMILES string of the molecule is CN(CCC(=O)O)S(=O)(=O)N1CCCNCC1. The molecule has 7 nitrogen and oxygen atoms in total. The fraction of sp³-hybridized carbons (Fsp3) is 0.889. The van der Waals surface area contributed by atoms with Gasteiger partial charge in [-0.05, 0) is 13.0 Å². The Kier molecular flexibility index (Phi) is 5.31. The molecule has 0 unspecified atom stereocenters. The highest BCUT2D eigenvalue weighted by molar-refractivity contribution is 7.86. The van der Waals surface area contributed by atoms with E-state index >= 15 is 0 Å². The van der Waals surface area contributed by atoms with Crippen molar-refractivity contribution < 1.29 is 18.3 Å². The lowest BCUT2D eigenvalue weighted by Crippen LogP contribution is -2.44. The molecule has 0 amide bonds. The topological polar surface area (TPSA) is 90.0 Å². The number of rotatable bonds is 5. The van der Waals surface area contributed by atoms with Gasteiger partial charge in [0.2, 0.25) is 0 Å². The van der Waals surface area contributed by atoms with Crippen molar-refractivity contribution in [3.8, 4) is 0 Å². The van der Waals surface area contributed by atoms with Gasteiger partial charge in [-0.3, -0.25) is 4.79 Å². The zero-order valence-corrected chi connectivity index (χ0v) is 10.7. The Morgan fingerprint density at radius 1 is 1.41 bits per heavy atom. The van der Waals surface area contributed by atoms with Gasteiger partial charge >= 0.3 is 5.97 Å². The Morgan fingerprint density at radius 3 is 2.76 bits per heavy atom. The highest BCUT2D eigenvalue weighted by Crippen LogP contribution is 2.08. The smallest absolute Gasteiger partial charge is 0.304 e. The van der Waals surface area contributed by atoms with E-state index in [9.17, 15) is 13.2 Å². The van der Waals surface area contributed by atoms with Crippen LogP contribution in [0.3, 0.4) is 0 Å². The van der Waals surface area contributed by atoms with Crippen LogP contribution in [0, 0.1) is 0 Å². The van der Waals surface area contributed by atoms with Crippen LogP contribution in [0.25, 0.3) is 0 Å². The third kappa shape index (κ3) is 4.23. The van der Waals surface area contributed by atoms with E-state index in [1.54, 1.807) is 0 Å². The summed E-state index contributed by atoms with van der Waals surface area (Å²) in [4.78, 5) is 10.4. The molecule has 0 aromatic heterocycles. The van der Waals surface area contributed by atoms with Crippen molar-refractivity contribution in [2.24, 2.45) is 0 Å². The summed E-state index contributed by atoms with van der Waals surface area (Å²) in [5.41, 5.74) is 0. The number of nitrogens with zero attached hydrogens (tertiary/aromatic N) is 2. The van der Waals surface area contributed by atoms with Gasteiger partial charge in [0.1, 0.15) is 0 Å². The predicted molar refractivity (Wildman–Crippen MR) is 62.9 cm³/mol. The van der Waals surface area contributed by atoms with Crippen molar-refractivity contribution >= 4 is 16.2 Å². The third-order valence-corrected chi connectivity index (χ3v) is 4.65. The maximum Gasteiger partial charge on any atom is 0.304 e. The molecule has 1 aliphatic rings. The molecule has 2 N–H and O–H groups in total. The quantitative estimate of drug-likeness (QED) is 0.661. The van der Waals surface area contributed by atoms with Crippen molar-refractivity contribution in [1.82, 2.24) is 13.9 Å². The van der Waals surface area contributed by atoms with Gasteiger partial charge in [0.25, 0.3) is 10.2 Å². The monoisotopic (exact) mass is 265 g/mol. The second-order valence-corrected chi connectivity index (χ2v) is 6.01. The Labute approximate surface area is 102 Å². The molecule has 1 aliphatic heterocycles. The Morgan fingerprint density at radius 2 is 2.12 bits per heavy atom. The molecule has 1 fully saturated rings. The van der Waals surface area contributed by atoms with E-state index in [1.165, 1.54) is 11.4 Å². The molecule has 0 aliphatic carbocycles. The summed E-state index contributed by atoms with van der Waals surface area (Å²) in [6.45, 7) is 2.35. The number of hydrogen-bond acceptors (Lipinski definition) is 4. The Balaban J connectivity index is 2.61. The molecule has 0 spiro atoms. The molecule has 1 rings (SSSR count). The number of aliphatic carboxylic acids is 1. The first-order valence-corrected chi connectivity index (χ1v) is 6.98. The number of carbonyl (C=O) groups is 1. The number of nitrogens with one attached hydrogen (secondary N) is 1. The van der Waals surface area contributed by atoms with Crippen molar-refractivity contribution in [2.75, 3.05) is 39.8 Å². The summed E-state index contributed by atoms with van der Waals surface area (Å²) >= 11 is 0. The zero-order valence-electron chi connectivity index (χ0n) is 9.92. The van der Waals surface area contributed by atoms with Crippen molar-refractivity contribution in [2.45, 2.75) is 12.8 Å². The molecule has 100 valence electrons. The van der Waals surface area contributed by atoms with Gasteiger partial charge in [-0.15, -0.1) is 0 Å². The Bertz CT molecular complexity index is 349. The van der Waals surface area contributed by atoms with Gasteiger partial charge in [-0.2, -0.15) is 17.0 Å². The Hall–Kier alpha value is -0.700. The third-order valence-electron chi connectivity index (χ3n) is 2.66. The van der Waals surface area contributed by atoms with E-state index < -0.39 is 16.2 Å². The van der Waals surface area contributed by atoms with E-state index in [0.717, 1.165) is 17.3 Å². The van der Waals surface area contributed by atoms with E-state index in [-0.39, 0.29) is 13.0 Å². The first-order valence-electron chi connectivity index (χ1n) is 5.58. The molecule has 17 heavy (non-hydrogen) atoms. The van der Waals surface area contributed by atoms with Gasteiger partial charge in [0.05, 0.1) is 6.42 Å². The highest BCUT2D eigenvalue weighted by Gasteiger charge is 2.27. The van der Waals surface area contributed by atoms with Crippen molar-refractivity contribution in [3.63, 3.8) is 0 Å². The van der Waals surface area contributed by atoms with Crippen LogP contribution in [0.1, 0.15) is 12.8 Å². The van der Waals surface area contributed by atoms with Crippen LogP contribution >= 0.6 is 0 Å². The first-order chi connectivity index (χ1) is 7.94. The van der Waals surface area contributed by atoms with Crippen molar-refractivity contribution in [3.05, 3.63) is 0 Å². The highest BCUT2D eigenvalue weighted by atomic mass is 32.2. The lowest BCUT2D eigenvalue weighted by Gasteiger charge is -2.25. The number of carboxylic acids is 1. The van der Waals surface area contributed by atoms with E-state index in [0.29, 0.717) is 19.6 Å². The van der Waals surface area contributed by atoms with Crippen LogP contribution in [0.2, 0.25) is 0 Å². The van der Waals surface area contributed by atoms with Crippen LogP contribution in [0.15, 0.2) is 0 Å². The van der Waals surface area contributed by atoms with Crippen molar-refractivity contribution in [1.29, 1.82) is 0 Å². The van der Waals surface area contributed by atoms with Crippen LogP contribution in [0.4, 0.5) is 0 Å². The minimum Gasteiger partial charge on any atom is -0.481 e. The van der Waals surface area contributed by atoms with Crippen LogP contribution in [-0.2, 0) is 15.0 Å². The average Bonchev–Trinajstić information content (AvgIpc) is 2.54. The first kappa shape index (κ1) is 14.4. The summed E-state index contributed by atoms with van der Waals surface area (Å²) in [5, 5.41) is 11.7. The minimum absolute atomic E-state index is 0.00158. The average molecular weight is 265 g/mol. The summed E-state index contributed by atoms with van der Waals surface area (Å²) in [5.74, 6) is -0.996. The fourth-order valence-electron chi connectivity index (χ4n) is 1.62. The summed E-state index contributed by atoms with van der Waals surface area (Å²) < 4.78 is 26.7. The van der Waals surface area contributed by atoms with Gasteiger partial charge in [-0.1, -0.05) is 0 Å². The zero-order chi connectivity index (χ0) is 12.9. The maximum absolute atomic E-state index is 12.1. The number of carboxylic acid groups (broad SMARTS) is 1. The maximum atomic E-state index is 12.1. The van der Waals surface area contributed by atoms with E-state index in [1.807, 2.05) is 0 Å². The van der Waals surface area contributed by atoms with E-state index in [4.69, 9.17) is 5.11 Å². The molecular formula is C9H19N3O4S. The van der Waals surface area contributed by atoms with Gasteiger partial charge in [-0.25, -0.2) is 0 Å². The molecule has 0 bridgehead atoms. The fourth-order valence-corrected chi connectivity index (χ4v) is 3.02. The lowest BCUT2D eigenvalue weighted by atomic mass is 10.4. The van der Waals surface area contributed by atoms with Crippen LogP contribution in [0.5, 0.6) is 0 Å².